The minimum Gasteiger partial charge on any atom is -0.343 e. The first-order valence-corrected chi connectivity index (χ1v) is 12.1. The molecule has 0 aliphatic carbocycles. The Morgan fingerprint density at radius 1 is 1.12 bits per heavy atom. The van der Waals surface area contributed by atoms with E-state index in [4.69, 9.17) is 0 Å². The van der Waals surface area contributed by atoms with Crippen LogP contribution < -0.4 is 0 Å². The van der Waals surface area contributed by atoms with E-state index in [0.717, 1.165) is 57.6 Å². The van der Waals surface area contributed by atoms with Gasteiger partial charge in [0.15, 0.2) is 0 Å². The summed E-state index contributed by atoms with van der Waals surface area (Å²) >= 11 is 0. The zero-order chi connectivity index (χ0) is 22.6. The van der Waals surface area contributed by atoms with Gasteiger partial charge in [0.05, 0.1) is 0 Å². The average Bonchev–Trinajstić information content (AvgIpc) is 3.18. The molecule has 3 heterocycles. The zero-order valence-corrected chi connectivity index (χ0v) is 19.5. The molecule has 2 fully saturated rings. The van der Waals surface area contributed by atoms with Gasteiger partial charge in [0.1, 0.15) is 5.82 Å². The van der Waals surface area contributed by atoms with Crippen LogP contribution in [0, 0.1) is 18.3 Å². The Hall–Kier alpha value is -2.63. The summed E-state index contributed by atoms with van der Waals surface area (Å²) in [5.74, 6) is 1.79. The molecule has 0 bridgehead atoms. The molecule has 1 aromatic heterocycles. The fraction of sp³-hybridized carbons (Fsp3) is 0.577. The van der Waals surface area contributed by atoms with Crippen LogP contribution in [-0.2, 0) is 22.7 Å². The summed E-state index contributed by atoms with van der Waals surface area (Å²) in [6.45, 7) is 7.87. The molecule has 32 heavy (non-hydrogen) atoms. The molecule has 1 aromatic carbocycles. The summed E-state index contributed by atoms with van der Waals surface area (Å²) in [6, 6.07) is 10.3. The van der Waals surface area contributed by atoms with Crippen LogP contribution in [0.15, 0.2) is 42.7 Å². The molecule has 4 rings (SSSR count). The van der Waals surface area contributed by atoms with Crippen molar-refractivity contribution in [2.24, 2.45) is 11.3 Å². The molecule has 1 atom stereocenters. The minimum absolute atomic E-state index is 0.208. The van der Waals surface area contributed by atoms with Crippen LogP contribution in [0.2, 0.25) is 0 Å². The van der Waals surface area contributed by atoms with Crippen LogP contribution in [0.3, 0.4) is 0 Å². The lowest BCUT2D eigenvalue weighted by molar-refractivity contribution is -0.146. The predicted molar refractivity (Wildman–Crippen MR) is 125 cm³/mol. The lowest BCUT2D eigenvalue weighted by Crippen LogP contribution is -2.49. The van der Waals surface area contributed by atoms with Crippen molar-refractivity contribution < 1.29 is 9.59 Å². The maximum absolute atomic E-state index is 13.7. The summed E-state index contributed by atoms with van der Waals surface area (Å²) in [7, 11) is 0. The van der Waals surface area contributed by atoms with Crippen LogP contribution in [-0.4, -0.2) is 50.8 Å². The second kappa shape index (κ2) is 9.88. The maximum atomic E-state index is 13.7. The number of aryl methyl sites for hydroxylation is 2. The fourth-order valence-corrected chi connectivity index (χ4v) is 5.48. The number of piperidine rings is 1. The van der Waals surface area contributed by atoms with Gasteiger partial charge in [-0.1, -0.05) is 43.7 Å². The van der Waals surface area contributed by atoms with Crippen molar-refractivity contribution in [2.75, 3.05) is 19.6 Å². The molecule has 2 amide bonds. The first-order chi connectivity index (χ1) is 15.5. The van der Waals surface area contributed by atoms with Crippen LogP contribution in [0.5, 0.6) is 0 Å². The quantitative estimate of drug-likeness (QED) is 0.687. The predicted octanol–water partition coefficient (Wildman–Crippen LogP) is 4.04. The molecule has 2 aromatic rings. The van der Waals surface area contributed by atoms with E-state index < -0.39 is 0 Å². The van der Waals surface area contributed by atoms with E-state index >= 15 is 0 Å². The first kappa shape index (κ1) is 22.6. The lowest BCUT2D eigenvalue weighted by Gasteiger charge is -2.43. The van der Waals surface area contributed by atoms with Gasteiger partial charge in [-0.25, -0.2) is 4.98 Å². The van der Waals surface area contributed by atoms with Crippen LogP contribution in [0.4, 0.5) is 0 Å². The third kappa shape index (κ3) is 4.89. The summed E-state index contributed by atoms with van der Waals surface area (Å²) in [5, 5.41) is 0. The van der Waals surface area contributed by atoms with Crippen LogP contribution >= 0.6 is 0 Å². The van der Waals surface area contributed by atoms with E-state index in [1.54, 1.807) is 6.20 Å². The number of rotatable bonds is 6. The Kier molecular flexibility index (Phi) is 6.97. The van der Waals surface area contributed by atoms with E-state index in [9.17, 15) is 9.59 Å². The van der Waals surface area contributed by atoms with Gasteiger partial charge in [0, 0.05) is 57.0 Å². The molecule has 6 nitrogen and oxygen atoms in total. The fourth-order valence-electron chi connectivity index (χ4n) is 5.48. The van der Waals surface area contributed by atoms with Gasteiger partial charge < -0.3 is 14.4 Å². The van der Waals surface area contributed by atoms with Crippen molar-refractivity contribution in [3.05, 3.63) is 54.1 Å². The number of hydrogen-bond acceptors (Lipinski definition) is 3. The minimum atomic E-state index is -0.325. The largest absolute Gasteiger partial charge is 0.343 e. The highest BCUT2D eigenvalue weighted by molar-refractivity contribution is 5.83. The Bertz CT molecular complexity index is 917. The zero-order valence-electron chi connectivity index (χ0n) is 19.5. The summed E-state index contributed by atoms with van der Waals surface area (Å²) in [6.07, 6.45) is 9.15. The van der Waals surface area contributed by atoms with Crippen molar-refractivity contribution >= 4 is 11.8 Å². The average molecular weight is 437 g/mol. The van der Waals surface area contributed by atoms with Crippen LogP contribution in [0.1, 0.15) is 56.8 Å². The molecular weight excluding hydrogens is 400 g/mol. The van der Waals surface area contributed by atoms with Gasteiger partial charge in [0.2, 0.25) is 11.8 Å². The highest BCUT2D eigenvalue weighted by atomic mass is 16.2. The van der Waals surface area contributed by atoms with E-state index in [-0.39, 0.29) is 11.3 Å². The van der Waals surface area contributed by atoms with Gasteiger partial charge in [-0.05, 0) is 44.1 Å². The van der Waals surface area contributed by atoms with Crippen LogP contribution in [0.25, 0.3) is 0 Å². The molecule has 2 saturated heterocycles. The number of carbonyl (C=O) groups excluding carboxylic acids is 2. The lowest BCUT2D eigenvalue weighted by atomic mass is 9.69. The van der Waals surface area contributed by atoms with Gasteiger partial charge in [-0.3, -0.25) is 9.59 Å². The van der Waals surface area contributed by atoms with Gasteiger partial charge in [0.25, 0.3) is 0 Å². The highest BCUT2D eigenvalue weighted by Crippen LogP contribution is 2.43. The molecule has 2 aliphatic rings. The number of likely N-dealkylation sites (tertiary alicyclic amines) is 2. The third-order valence-electron chi connectivity index (χ3n) is 7.61. The third-order valence-corrected chi connectivity index (χ3v) is 7.61. The van der Waals surface area contributed by atoms with E-state index in [1.165, 1.54) is 5.56 Å². The number of benzene rings is 1. The molecule has 6 heteroatoms. The van der Waals surface area contributed by atoms with Crippen molar-refractivity contribution in [2.45, 2.75) is 65.5 Å². The standard InChI is InChI=1S/C26H36N4O2/c1-21-27-14-19-28(21)18-12-24(31)29-16-10-23(11-17-29)26(2)13-6-7-15-30(25(26)32)20-22-8-4-3-5-9-22/h3-5,8-9,14,19,23H,6-7,10-13,15-18,20H2,1-2H3/t26-/m0/s1. The van der Waals surface area contributed by atoms with Crippen molar-refractivity contribution in [3.63, 3.8) is 0 Å². The van der Waals surface area contributed by atoms with E-state index in [2.05, 4.69) is 28.9 Å². The maximum Gasteiger partial charge on any atom is 0.229 e. The second-order valence-corrected chi connectivity index (χ2v) is 9.66. The molecule has 0 saturated carbocycles. The number of hydrogen-bond donors (Lipinski definition) is 0. The van der Waals surface area contributed by atoms with Crippen molar-refractivity contribution in [3.8, 4) is 0 Å². The number of amides is 2. The monoisotopic (exact) mass is 436 g/mol. The van der Waals surface area contributed by atoms with Crippen molar-refractivity contribution in [1.29, 1.82) is 0 Å². The molecule has 0 N–H and O–H groups in total. The number of nitrogens with zero attached hydrogens (tertiary/aromatic N) is 4. The van der Waals surface area contributed by atoms with Crippen molar-refractivity contribution in [1.82, 2.24) is 19.4 Å². The summed E-state index contributed by atoms with van der Waals surface area (Å²) in [5.41, 5.74) is 0.868. The number of aromatic nitrogens is 2. The SMILES string of the molecule is Cc1nccn1CCC(=O)N1CCC([C@]2(C)CCCCN(Cc3ccccc3)C2=O)CC1. The topological polar surface area (TPSA) is 58.4 Å². The summed E-state index contributed by atoms with van der Waals surface area (Å²) < 4.78 is 2.03. The molecule has 0 unspecified atom stereocenters. The normalized spacial score (nSPS) is 22.8. The Balaban J connectivity index is 1.35. The first-order valence-electron chi connectivity index (χ1n) is 12.1. The molecule has 172 valence electrons. The van der Waals surface area contributed by atoms with Gasteiger partial charge in [-0.2, -0.15) is 0 Å². The molecule has 0 spiro atoms. The number of carbonyl (C=O) groups is 2. The molecule has 2 aliphatic heterocycles. The molecular formula is C26H36N4O2. The van der Waals surface area contributed by atoms with Gasteiger partial charge in [-0.15, -0.1) is 0 Å². The second-order valence-electron chi connectivity index (χ2n) is 9.66. The van der Waals surface area contributed by atoms with E-state index in [1.807, 2.05) is 40.8 Å². The summed E-state index contributed by atoms with van der Waals surface area (Å²) in [4.78, 5) is 34.7. The molecule has 0 radical (unpaired) electrons. The van der Waals surface area contributed by atoms with E-state index in [0.29, 0.717) is 31.3 Å². The van der Waals surface area contributed by atoms with Gasteiger partial charge >= 0.3 is 0 Å². The smallest absolute Gasteiger partial charge is 0.229 e. The number of imidazole rings is 1. The Morgan fingerprint density at radius 3 is 2.56 bits per heavy atom. The highest BCUT2D eigenvalue weighted by Gasteiger charge is 2.45. The Labute approximate surface area is 191 Å². The Morgan fingerprint density at radius 2 is 1.88 bits per heavy atom.